The van der Waals surface area contributed by atoms with Crippen LogP contribution in [0, 0.1) is 6.92 Å². The number of benzene rings is 2. The first-order valence-electron chi connectivity index (χ1n) is 10.8. The Balaban J connectivity index is 1.57. The second kappa shape index (κ2) is 10.6. The lowest BCUT2D eigenvalue weighted by Crippen LogP contribution is -2.21. The quantitative estimate of drug-likeness (QED) is 0.298. The Kier molecular flexibility index (Phi) is 7.16. The minimum Gasteiger partial charge on any atom is -0.487 e. The lowest BCUT2D eigenvalue weighted by atomic mass is 10.1. The van der Waals surface area contributed by atoms with Crippen LogP contribution >= 0.6 is 0 Å². The van der Waals surface area contributed by atoms with Crippen molar-refractivity contribution in [2.24, 2.45) is 5.73 Å². The number of nitrogens with zero attached hydrogens (tertiary/aromatic N) is 3. The molecule has 0 aliphatic rings. The summed E-state index contributed by atoms with van der Waals surface area (Å²) in [4.78, 5) is 28.8. The van der Waals surface area contributed by atoms with Crippen LogP contribution in [0.1, 0.15) is 15.9 Å². The third-order valence-electron chi connectivity index (χ3n) is 4.97. The maximum Gasteiger partial charge on any atom is 0.410 e. The van der Waals surface area contributed by atoms with Crippen LogP contribution in [-0.2, 0) is 4.74 Å². The molecule has 0 radical (unpaired) electrons. The van der Waals surface area contributed by atoms with Crippen LogP contribution < -0.4 is 31.0 Å². The molecule has 4 aromatic rings. The molecule has 2 aromatic carbocycles. The van der Waals surface area contributed by atoms with Crippen molar-refractivity contribution in [3.05, 3.63) is 65.9 Å². The topological polar surface area (TPSA) is 165 Å². The van der Waals surface area contributed by atoms with Gasteiger partial charge in [-0.3, -0.25) is 4.79 Å². The standard InChI is InChI=1S/C24H24N6O6/c1-14-6-7-15(35-21-9-8-20-28-19(25)13-30(20)29-21)12-17(14)27-23(31)16-4-3-5-18(34-11-10-33-2)22(16)36-24(26)32/h3-9,12-13H,10-11,25H2,1-2H3,(H2,26,32)(H,27,31). The largest absolute Gasteiger partial charge is 0.487 e. The summed E-state index contributed by atoms with van der Waals surface area (Å²) in [5.74, 6) is 0.611. The maximum absolute atomic E-state index is 13.2. The van der Waals surface area contributed by atoms with Crippen LogP contribution in [0.15, 0.2) is 54.7 Å². The third kappa shape index (κ3) is 5.62. The number of anilines is 2. The molecule has 5 N–H and O–H groups in total. The SMILES string of the molecule is COCCOc1cccc(C(=O)Nc2cc(Oc3ccc4nc(N)cn4n3)ccc2C)c1OC(N)=O. The van der Waals surface area contributed by atoms with E-state index < -0.39 is 12.0 Å². The lowest BCUT2D eigenvalue weighted by molar-refractivity contribution is 0.102. The normalized spacial score (nSPS) is 10.7. The molecule has 186 valence electrons. The zero-order valence-corrected chi connectivity index (χ0v) is 19.6. The molecule has 0 fully saturated rings. The number of aryl methyl sites for hydroxylation is 1. The average Bonchev–Trinajstić information content (AvgIpc) is 3.21. The number of fused-ring (bicyclic) bond motifs is 1. The van der Waals surface area contributed by atoms with Crippen LogP contribution in [0.25, 0.3) is 5.65 Å². The first-order valence-corrected chi connectivity index (χ1v) is 10.8. The zero-order valence-electron chi connectivity index (χ0n) is 19.6. The molecule has 2 aromatic heterocycles. The number of methoxy groups -OCH3 is 1. The fourth-order valence-corrected chi connectivity index (χ4v) is 3.30. The monoisotopic (exact) mass is 492 g/mol. The van der Waals surface area contributed by atoms with Gasteiger partial charge in [-0.05, 0) is 36.8 Å². The fourth-order valence-electron chi connectivity index (χ4n) is 3.30. The van der Waals surface area contributed by atoms with Gasteiger partial charge in [0.15, 0.2) is 17.1 Å². The van der Waals surface area contributed by atoms with Gasteiger partial charge in [0, 0.05) is 24.9 Å². The highest BCUT2D eigenvalue weighted by Crippen LogP contribution is 2.33. The number of carbonyl (C=O) groups excluding carboxylic acids is 2. The molecule has 12 nitrogen and oxygen atoms in total. The number of ether oxygens (including phenoxy) is 4. The predicted octanol–water partition coefficient (Wildman–Crippen LogP) is 3.15. The number of nitrogen functional groups attached to an aromatic ring is 1. The molecule has 0 saturated carbocycles. The number of imidazole rings is 1. The third-order valence-corrected chi connectivity index (χ3v) is 4.97. The van der Waals surface area contributed by atoms with Crippen molar-refractivity contribution in [2.75, 3.05) is 31.4 Å². The highest BCUT2D eigenvalue weighted by atomic mass is 16.6. The number of hydrogen-bond acceptors (Lipinski definition) is 9. The van der Waals surface area contributed by atoms with Gasteiger partial charge in [0.2, 0.25) is 5.88 Å². The van der Waals surface area contributed by atoms with Crippen molar-refractivity contribution in [3.8, 4) is 23.1 Å². The van der Waals surface area contributed by atoms with E-state index in [0.717, 1.165) is 5.56 Å². The van der Waals surface area contributed by atoms with Crippen molar-refractivity contribution in [2.45, 2.75) is 6.92 Å². The number of nitrogens with one attached hydrogen (secondary N) is 1. The molecule has 0 aliphatic carbocycles. The molecular weight excluding hydrogens is 468 g/mol. The molecule has 36 heavy (non-hydrogen) atoms. The summed E-state index contributed by atoms with van der Waals surface area (Å²) in [6, 6.07) is 13.2. The summed E-state index contributed by atoms with van der Waals surface area (Å²) >= 11 is 0. The van der Waals surface area contributed by atoms with E-state index in [1.165, 1.54) is 17.7 Å². The van der Waals surface area contributed by atoms with E-state index in [0.29, 0.717) is 35.4 Å². The van der Waals surface area contributed by atoms with E-state index in [9.17, 15) is 9.59 Å². The molecule has 2 heterocycles. The van der Waals surface area contributed by atoms with Crippen molar-refractivity contribution in [1.82, 2.24) is 14.6 Å². The number of amides is 2. The number of rotatable bonds is 9. The van der Waals surface area contributed by atoms with Gasteiger partial charge in [0.05, 0.1) is 18.4 Å². The summed E-state index contributed by atoms with van der Waals surface area (Å²) in [5, 5.41) is 7.12. The molecule has 12 heteroatoms. The highest BCUT2D eigenvalue weighted by Gasteiger charge is 2.20. The molecule has 0 bridgehead atoms. The van der Waals surface area contributed by atoms with E-state index in [1.54, 1.807) is 48.7 Å². The van der Waals surface area contributed by atoms with Crippen LogP contribution in [0.3, 0.4) is 0 Å². The van der Waals surface area contributed by atoms with E-state index in [-0.39, 0.29) is 23.7 Å². The smallest absolute Gasteiger partial charge is 0.410 e. The van der Waals surface area contributed by atoms with Crippen LogP contribution in [0.5, 0.6) is 23.1 Å². The van der Waals surface area contributed by atoms with E-state index in [1.807, 2.05) is 6.92 Å². The Bertz CT molecular complexity index is 1420. The Morgan fingerprint density at radius 3 is 2.72 bits per heavy atom. The molecule has 0 unspecified atom stereocenters. The van der Waals surface area contributed by atoms with Crippen molar-refractivity contribution in [3.63, 3.8) is 0 Å². The molecule has 0 saturated heterocycles. The minimum absolute atomic E-state index is 0.0549. The van der Waals surface area contributed by atoms with Crippen molar-refractivity contribution < 1.29 is 28.5 Å². The van der Waals surface area contributed by atoms with Crippen molar-refractivity contribution >= 4 is 29.2 Å². The Labute approximate surface area is 205 Å². The summed E-state index contributed by atoms with van der Waals surface area (Å²) in [6.45, 7) is 2.30. The molecule has 4 rings (SSSR count). The zero-order chi connectivity index (χ0) is 25.7. The summed E-state index contributed by atoms with van der Waals surface area (Å²) in [5.41, 5.74) is 12.8. The molecule has 0 atom stereocenters. The van der Waals surface area contributed by atoms with Gasteiger partial charge in [-0.25, -0.2) is 14.3 Å². The van der Waals surface area contributed by atoms with E-state index in [4.69, 9.17) is 30.4 Å². The number of aromatic nitrogens is 3. The number of primary amides is 1. The first kappa shape index (κ1) is 24.3. The molecule has 0 aliphatic heterocycles. The van der Waals surface area contributed by atoms with Gasteiger partial charge in [0.1, 0.15) is 18.2 Å². The first-order chi connectivity index (χ1) is 17.3. The van der Waals surface area contributed by atoms with E-state index in [2.05, 4.69) is 15.4 Å². The van der Waals surface area contributed by atoms with E-state index >= 15 is 0 Å². The van der Waals surface area contributed by atoms with Crippen molar-refractivity contribution in [1.29, 1.82) is 0 Å². The van der Waals surface area contributed by atoms with Crippen LogP contribution in [-0.4, -0.2) is 46.9 Å². The summed E-state index contributed by atoms with van der Waals surface area (Å²) < 4.78 is 23.0. The minimum atomic E-state index is -1.08. The Morgan fingerprint density at radius 1 is 1.11 bits per heavy atom. The molecular formula is C24H24N6O6. The van der Waals surface area contributed by atoms with Gasteiger partial charge < -0.3 is 35.7 Å². The highest BCUT2D eigenvalue weighted by molar-refractivity contribution is 6.07. The van der Waals surface area contributed by atoms with Gasteiger partial charge in [-0.1, -0.05) is 12.1 Å². The van der Waals surface area contributed by atoms with Gasteiger partial charge in [-0.2, -0.15) is 0 Å². The fraction of sp³-hybridized carbons (Fsp3) is 0.167. The predicted molar refractivity (Wildman–Crippen MR) is 131 cm³/mol. The van der Waals surface area contributed by atoms with Crippen LogP contribution in [0.4, 0.5) is 16.3 Å². The molecule has 0 spiro atoms. The summed E-state index contributed by atoms with van der Waals surface area (Å²) in [6.07, 6.45) is 0.490. The Hall–Kier alpha value is -4.84. The summed E-state index contributed by atoms with van der Waals surface area (Å²) in [7, 11) is 1.52. The average molecular weight is 492 g/mol. The number of nitrogens with two attached hydrogens (primary N) is 2. The van der Waals surface area contributed by atoms with Gasteiger partial charge in [-0.15, -0.1) is 5.10 Å². The lowest BCUT2D eigenvalue weighted by Gasteiger charge is -2.15. The number of hydrogen-bond donors (Lipinski definition) is 3. The maximum atomic E-state index is 13.2. The number of carbonyl (C=O) groups is 2. The van der Waals surface area contributed by atoms with Gasteiger partial charge in [0.25, 0.3) is 5.91 Å². The second-order valence-electron chi connectivity index (χ2n) is 7.57. The van der Waals surface area contributed by atoms with Gasteiger partial charge >= 0.3 is 6.09 Å². The number of para-hydroxylation sites is 1. The second-order valence-corrected chi connectivity index (χ2v) is 7.57. The molecule has 2 amide bonds. The Morgan fingerprint density at radius 2 is 1.94 bits per heavy atom. The van der Waals surface area contributed by atoms with Crippen LogP contribution in [0.2, 0.25) is 0 Å².